The summed E-state index contributed by atoms with van der Waals surface area (Å²) in [5.41, 5.74) is 8.08. The molecule has 0 atom stereocenters. The molecule has 0 unspecified atom stereocenters. The molecule has 0 saturated heterocycles. The zero-order valence-corrected chi connectivity index (χ0v) is 13.1. The topological polar surface area (TPSA) is 35.2 Å². The Morgan fingerprint density at radius 3 is 2.48 bits per heavy atom. The SMILES string of the molecule is NCc1ccc(OCc2cccc(Br)c2)c2ccccc12. The average molecular weight is 342 g/mol. The van der Waals surface area contributed by atoms with Gasteiger partial charge in [0.15, 0.2) is 0 Å². The molecule has 0 amide bonds. The molecular weight excluding hydrogens is 326 g/mol. The molecule has 0 aliphatic carbocycles. The average Bonchev–Trinajstić information content (AvgIpc) is 2.52. The minimum absolute atomic E-state index is 0.534. The van der Waals surface area contributed by atoms with Gasteiger partial charge in [0.05, 0.1) is 0 Å². The molecule has 0 radical (unpaired) electrons. The predicted molar refractivity (Wildman–Crippen MR) is 90.3 cm³/mol. The van der Waals surface area contributed by atoms with E-state index in [4.69, 9.17) is 10.5 Å². The van der Waals surface area contributed by atoms with Gasteiger partial charge in [0.25, 0.3) is 0 Å². The van der Waals surface area contributed by atoms with Crippen LogP contribution < -0.4 is 10.5 Å². The van der Waals surface area contributed by atoms with E-state index in [0.29, 0.717) is 13.2 Å². The monoisotopic (exact) mass is 341 g/mol. The van der Waals surface area contributed by atoms with E-state index in [0.717, 1.165) is 32.1 Å². The zero-order valence-electron chi connectivity index (χ0n) is 11.6. The fourth-order valence-electron chi connectivity index (χ4n) is 2.43. The summed E-state index contributed by atoms with van der Waals surface area (Å²) in [7, 11) is 0. The Hall–Kier alpha value is -1.84. The molecule has 0 bridgehead atoms. The Balaban J connectivity index is 1.91. The zero-order chi connectivity index (χ0) is 14.7. The third-order valence-corrected chi connectivity index (χ3v) is 3.97. The highest BCUT2D eigenvalue weighted by Crippen LogP contribution is 2.29. The van der Waals surface area contributed by atoms with Crippen molar-refractivity contribution in [3.05, 3.63) is 76.3 Å². The van der Waals surface area contributed by atoms with Gasteiger partial charge in [0.1, 0.15) is 12.4 Å². The molecule has 0 heterocycles. The van der Waals surface area contributed by atoms with Gasteiger partial charge in [-0.3, -0.25) is 0 Å². The van der Waals surface area contributed by atoms with Crippen molar-refractivity contribution in [2.75, 3.05) is 0 Å². The third-order valence-electron chi connectivity index (χ3n) is 3.48. The van der Waals surface area contributed by atoms with Crippen LogP contribution in [-0.2, 0) is 13.2 Å². The molecule has 106 valence electrons. The normalized spacial score (nSPS) is 10.8. The number of fused-ring (bicyclic) bond motifs is 1. The van der Waals surface area contributed by atoms with Crippen LogP contribution in [0.4, 0.5) is 0 Å². The number of benzene rings is 3. The maximum atomic E-state index is 6.00. The van der Waals surface area contributed by atoms with E-state index in [2.05, 4.69) is 40.2 Å². The predicted octanol–water partition coefficient (Wildman–Crippen LogP) is 4.64. The molecular formula is C18H16BrNO. The molecule has 3 heteroatoms. The van der Waals surface area contributed by atoms with E-state index in [-0.39, 0.29) is 0 Å². The van der Waals surface area contributed by atoms with Crippen molar-refractivity contribution in [3.63, 3.8) is 0 Å². The lowest BCUT2D eigenvalue weighted by atomic mass is 10.0. The van der Waals surface area contributed by atoms with Gasteiger partial charge in [0.2, 0.25) is 0 Å². The summed E-state index contributed by atoms with van der Waals surface area (Å²) in [6.07, 6.45) is 0. The van der Waals surface area contributed by atoms with E-state index in [1.54, 1.807) is 0 Å². The molecule has 2 nitrogen and oxygen atoms in total. The van der Waals surface area contributed by atoms with Crippen molar-refractivity contribution >= 4 is 26.7 Å². The summed E-state index contributed by atoms with van der Waals surface area (Å²) in [4.78, 5) is 0. The molecule has 0 fully saturated rings. The molecule has 0 saturated carbocycles. The highest BCUT2D eigenvalue weighted by Gasteiger charge is 2.06. The standard InChI is InChI=1S/C18H16BrNO/c19-15-5-3-4-13(10-15)12-21-18-9-8-14(11-20)16-6-1-2-7-17(16)18/h1-10H,11-12,20H2. The number of rotatable bonds is 4. The Morgan fingerprint density at radius 2 is 1.71 bits per heavy atom. The summed E-state index contributed by atoms with van der Waals surface area (Å²) in [6.45, 7) is 1.08. The summed E-state index contributed by atoms with van der Waals surface area (Å²) >= 11 is 3.48. The minimum Gasteiger partial charge on any atom is -0.488 e. The van der Waals surface area contributed by atoms with Gasteiger partial charge in [-0.1, -0.05) is 58.4 Å². The van der Waals surface area contributed by atoms with Gasteiger partial charge in [-0.25, -0.2) is 0 Å². The van der Waals surface area contributed by atoms with Crippen molar-refractivity contribution < 1.29 is 4.74 Å². The Bertz CT molecular complexity index is 770. The van der Waals surface area contributed by atoms with Crippen molar-refractivity contribution in [1.29, 1.82) is 0 Å². The van der Waals surface area contributed by atoms with Crippen LogP contribution in [0.3, 0.4) is 0 Å². The second-order valence-electron chi connectivity index (χ2n) is 4.89. The van der Waals surface area contributed by atoms with Crippen LogP contribution in [0.1, 0.15) is 11.1 Å². The maximum absolute atomic E-state index is 6.00. The first-order chi connectivity index (χ1) is 10.3. The highest BCUT2D eigenvalue weighted by molar-refractivity contribution is 9.10. The fourth-order valence-corrected chi connectivity index (χ4v) is 2.87. The molecule has 3 rings (SSSR count). The summed E-state index contributed by atoms with van der Waals surface area (Å²) in [5, 5.41) is 2.27. The molecule has 3 aromatic carbocycles. The van der Waals surface area contributed by atoms with Gasteiger partial charge in [-0.05, 0) is 34.7 Å². The Kier molecular flexibility index (Phi) is 4.23. The largest absolute Gasteiger partial charge is 0.488 e. The summed E-state index contributed by atoms with van der Waals surface area (Å²) in [5.74, 6) is 0.891. The van der Waals surface area contributed by atoms with Gasteiger partial charge < -0.3 is 10.5 Å². The number of halogens is 1. The van der Waals surface area contributed by atoms with Gasteiger partial charge >= 0.3 is 0 Å². The second-order valence-corrected chi connectivity index (χ2v) is 5.81. The lowest BCUT2D eigenvalue weighted by Gasteiger charge is -2.12. The minimum atomic E-state index is 0.534. The van der Waals surface area contributed by atoms with Crippen LogP contribution >= 0.6 is 15.9 Å². The Labute approximate surface area is 132 Å². The van der Waals surface area contributed by atoms with Crippen molar-refractivity contribution in [2.24, 2.45) is 5.73 Å². The molecule has 0 aliphatic rings. The lowest BCUT2D eigenvalue weighted by Crippen LogP contribution is -2.00. The molecule has 3 aromatic rings. The number of nitrogens with two attached hydrogens (primary N) is 1. The summed E-state index contributed by atoms with van der Waals surface area (Å²) < 4.78 is 7.06. The maximum Gasteiger partial charge on any atom is 0.127 e. The quantitative estimate of drug-likeness (QED) is 0.750. The smallest absolute Gasteiger partial charge is 0.127 e. The van der Waals surface area contributed by atoms with Gasteiger partial charge in [-0.2, -0.15) is 0 Å². The molecule has 21 heavy (non-hydrogen) atoms. The highest BCUT2D eigenvalue weighted by atomic mass is 79.9. The van der Waals surface area contributed by atoms with Crippen LogP contribution in [0.5, 0.6) is 5.75 Å². The fraction of sp³-hybridized carbons (Fsp3) is 0.111. The van der Waals surface area contributed by atoms with E-state index in [9.17, 15) is 0 Å². The third kappa shape index (κ3) is 3.09. The molecule has 2 N–H and O–H groups in total. The van der Waals surface area contributed by atoms with E-state index < -0.39 is 0 Å². The first-order valence-corrected chi connectivity index (χ1v) is 7.65. The van der Waals surface area contributed by atoms with Crippen LogP contribution in [0.25, 0.3) is 10.8 Å². The van der Waals surface area contributed by atoms with E-state index in [1.807, 2.05) is 36.4 Å². The van der Waals surface area contributed by atoms with Crippen LogP contribution in [-0.4, -0.2) is 0 Å². The molecule has 0 spiro atoms. The molecule has 0 aliphatic heterocycles. The van der Waals surface area contributed by atoms with E-state index in [1.165, 1.54) is 0 Å². The number of ether oxygens (including phenoxy) is 1. The first kappa shape index (κ1) is 14.1. The Morgan fingerprint density at radius 1 is 0.905 bits per heavy atom. The number of hydrogen-bond donors (Lipinski definition) is 1. The summed E-state index contributed by atoms with van der Waals surface area (Å²) in [6, 6.07) is 20.4. The lowest BCUT2D eigenvalue weighted by molar-refractivity contribution is 0.310. The van der Waals surface area contributed by atoms with Crippen LogP contribution in [0.15, 0.2) is 65.1 Å². The second kappa shape index (κ2) is 6.29. The number of hydrogen-bond acceptors (Lipinski definition) is 2. The molecule has 0 aromatic heterocycles. The van der Waals surface area contributed by atoms with Crippen LogP contribution in [0, 0.1) is 0 Å². The van der Waals surface area contributed by atoms with E-state index >= 15 is 0 Å². The first-order valence-electron chi connectivity index (χ1n) is 6.86. The van der Waals surface area contributed by atoms with Gasteiger partial charge in [0, 0.05) is 16.4 Å². The van der Waals surface area contributed by atoms with Crippen molar-refractivity contribution in [3.8, 4) is 5.75 Å². The van der Waals surface area contributed by atoms with Gasteiger partial charge in [-0.15, -0.1) is 0 Å². The van der Waals surface area contributed by atoms with Crippen molar-refractivity contribution in [2.45, 2.75) is 13.2 Å². The van der Waals surface area contributed by atoms with Crippen LogP contribution in [0.2, 0.25) is 0 Å². The van der Waals surface area contributed by atoms with Crippen molar-refractivity contribution in [1.82, 2.24) is 0 Å².